The van der Waals surface area contributed by atoms with E-state index in [9.17, 15) is 9.59 Å². The first-order valence-electron chi connectivity index (χ1n) is 6.85. The van der Waals surface area contributed by atoms with Crippen LogP contribution in [0.3, 0.4) is 0 Å². The van der Waals surface area contributed by atoms with Gasteiger partial charge in [0.15, 0.2) is 5.57 Å². The first-order chi connectivity index (χ1) is 10.5. The molecule has 0 saturated heterocycles. The van der Waals surface area contributed by atoms with Crippen LogP contribution in [-0.4, -0.2) is 36.4 Å². The van der Waals surface area contributed by atoms with E-state index in [2.05, 4.69) is 10.3 Å². The number of rotatable bonds is 7. The predicted octanol–water partition coefficient (Wildman–Crippen LogP) is 2.53. The van der Waals surface area contributed by atoms with Gasteiger partial charge in [-0.3, -0.25) is 0 Å². The van der Waals surface area contributed by atoms with Gasteiger partial charge < -0.3 is 14.8 Å². The molecule has 1 rings (SSSR count). The van der Waals surface area contributed by atoms with Crippen molar-refractivity contribution in [1.82, 2.24) is 4.98 Å². The van der Waals surface area contributed by atoms with Crippen LogP contribution in [0.15, 0.2) is 29.1 Å². The van der Waals surface area contributed by atoms with Crippen molar-refractivity contribution >= 4 is 29.4 Å². The molecule has 7 heteroatoms. The standard InChI is InChI=1S/C15H20N2O4S/c1-5-20-14(18)11(15(19)21-6-2)8-16-12-9-17-13(22-4)7-10(12)3/h7-9,16H,5-6H2,1-4H3. The van der Waals surface area contributed by atoms with Crippen LogP contribution in [0.1, 0.15) is 19.4 Å². The largest absolute Gasteiger partial charge is 0.462 e. The second-order valence-electron chi connectivity index (χ2n) is 4.18. The molecular weight excluding hydrogens is 304 g/mol. The molecule has 0 atom stereocenters. The van der Waals surface area contributed by atoms with Crippen LogP contribution in [0.4, 0.5) is 5.69 Å². The van der Waals surface area contributed by atoms with Gasteiger partial charge in [-0.25, -0.2) is 14.6 Å². The Morgan fingerprint density at radius 2 is 1.86 bits per heavy atom. The minimum Gasteiger partial charge on any atom is -0.462 e. The summed E-state index contributed by atoms with van der Waals surface area (Å²) < 4.78 is 9.72. The van der Waals surface area contributed by atoms with Gasteiger partial charge in [0.1, 0.15) is 0 Å². The number of aryl methyl sites for hydroxylation is 1. The van der Waals surface area contributed by atoms with E-state index in [1.54, 1.807) is 20.0 Å². The molecule has 0 aliphatic carbocycles. The molecule has 120 valence electrons. The van der Waals surface area contributed by atoms with Crippen LogP contribution >= 0.6 is 11.8 Å². The van der Waals surface area contributed by atoms with Crippen LogP contribution in [0.2, 0.25) is 0 Å². The summed E-state index contributed by atoms with van der Waals surface area (Å²) in [7, 11) is 0. The van der Waals surface area contributed by atoms with E-state index >= 15 is 0 Å². The number of nitrogens with zero attached hydrogens (tertiary/aromatic N) is 1. The molecule has 0 fully saturated rings. The highest BCUT2D eigenvalue weighted by atomic mass is 32.2. The summed E-state index contributed by atoms with van der Waals surface area (Å²) in [6.45, 7) is 5.61. The van der Waals surface area contributed by atoms with Gasteiger partial charge in [-0.05, 0) is 38.7 Å². The summed E-state index contributed by atoms with van der Waals surface area (Å²) in [5.41, 5.74) is 1.46. The van der Waals surface area contributed by atoms with Gasteiger partial charge in [0.2, 0.25) is 0 Å². The lowest BCUT2D eigenvalue weighted by Gasteiger charge is -2.09. The average molecular weight is 324 g/mol. The molecule has 0 spiro atoms. The molecule has 6 nitrogen and oxygen atoms in total. The van der Waals surface area contributed by atoms with Crippen LogP contribution in [0.25, 0.3) is 0 Å². The topological polar surface area (TPSA) is 77.5 Å². The molecule has 0 aliphatic rings. The molecule has 1 aromatic rings. The minimum absolute atomic E-state index is 0.179. The van der Waals surface area contributed by atoms with Gasteiger partial charge in [0.25, 0.3) is 0 Å². The fourth-order valence-corrected chi connectivity index (χ4v) is 2.01. The number of nitrogens with one attached hydrogen (secondary N) is 1. The van der Waals surface area contributed by atoms with Crippen molar-refractivity contribution in [2.24, 2.45) is 0 Å². The van der Waals surface area contributed by atoms with E-state index in [-0.39, 0.29) is 18.8 Å². The Hall–Kier alpha value is -2.02. The summed E-state index contributed by atoms with van der Waals surface area (Å²) in [5, 5.41) is 3.80. The number of hydrogen-bond acceptors (Lipinski definition) is 7. The van der Waals surface area contributed by atoms with E-state index in [0.717, 1.165) is 10.6 Å². The van der Waals surface area contributed by atoms with Crippen molar-refractivity contribution in [3.8, 4) is 0 Å². The molecule has 0 radical (unpaired) electrons. The number of hydrogen-bond donors (Lipinski definition) is 1. The van der Waals surface area contributed by atoms with Gasteiger partial charge in [-0.1, -0.05) is 0 Å². The molecule has 0 saturated carbocycles. The number of thioether (sulfide) groups is 1. The fraction of sp³-hybridized carbons (Fsp3) is 0.400. The average Bonchev–Trinajstić information content (AvgIpc) is 2.49. The SMILES string of the molecule is CCOC(=O)C(=CNc1cnc(SC)cc1C)C(=O)OCC. The lowest BCUT2D eigenvalue weighted by Crippen LogP contribution is -2.19. The maximum Gasteiger partial charge on any atom is 0.347 e. The summed E-state index contributed by atoms with van der Waals surface area (Å²) in [6, 6.07) is 1.91. The zero-order chi connectivity index (χ0) is 16.5. The maximum atomic E-state index is 11.8. The van der Waals surface area contributed by atoms with Crippen molar-refractivity contribution in [2.75, 3.05) is 24.8 Å². The van der Waals surface area contributed by atoms with Gasteiger partial charge >= 0.3 is 11.9 Å². The number of ether oxygens (including phenoxy) is 2. The Kier molecular flexibility index (Phi) is 7.45. The molecular formula is C15H20N2O4S. The summed E-state index contributed by atoms with van der Waals surface area (Å²) in [6.07, 6.45) is 4.87. The Bertz CT molecular complexity index is 553. The number of anilines is 1. The lowest BCUT2D eigenvalue weighted by atomic mass is 10.2. The summed E-state index contributed by atoms with van der Waals surface area (Å²) in [5.74, 6) is -1.44. The zero-order valence-electron chi connectivity index (χ0n) is 13.1. The van der Waals surface area contributed by atoms with Crippen molar-refractivity contribution < 1.29 is 19.1 Å². The lowest BCUT2D eigenvalue weighted by molar-refractivity contribution is -0.146. The summed E-state index contributed by atoms with van der Waals surface area (Å²) >= 11 is 1.54. The highest BCUT2D eigenvalue weighted by Crippen LogP contribution is 2.19. The highest BCUT2D eigenvalue weighted by molar-refractivity contribution is 7.98. The highest BCUT2D eigenvalue weighted by Gasteiger charge is 2.21. The van der Waals surface area contributed by atoms with E-state index in [4.69, 9.17) is 9.47 Å². The van der Waals surface area contributed by atoms with Crippen molar-refractivity contribution in [3.63, 3.8) is 0 Å². The molecule has 1 N–H and O–H groups in total. The quantitative estimate of drug-likeness (QED) is 0.271. The third kappa shape index (κ3) is 5.07. The van der Waals surface area contributed by atoms with Crippen LogP contribution < -0.4 is 5.32 Å². The van der Waals surface area contributed by atoms with E-state index in [1.165, 1.54) is 18.0 Å². The number of aromatic nitrogens is 1. The molecule has 0 amide bonds. The first kappa shape index (κ1) is 18.0. The van der Waals surface area contributed by atoms with Crippen LogP contribution in [-0.2, 0) is 19.1 Å². The van der Waals surface area contributed by atoms with Gasteiger partial charge in [-0.2, -0.15) is 0 Å². The van der Waals surface area contributed by atoms with Crippen molar-refractivity contribution in [3.05, 3.63) is 29.6 Å². The summed E-state index contributed by atoms with van der Waals surface area (Å²) in [4.78, 5) is 27.9. The molecule has 0 unspecified atom stereocenters. The fourth-order valence-electron chi connectivity index (χ4n) is 1.56. The number of carbonyl (C=O) groups excluding carboxylic acids is 2. The predicted molar refractivity (Wildman–Crippen MR) is 85.7 cm³/mol. The number of carbonyl (C=O) groups is 2. The monoisotopic (exact) mass is 324 g/mol. The maximum absolute atomic E-state index is 11.8. The Morgan fingerprint density at radius 3 is 2.32 bits per heavy atom. The Balaban J connectivity index is 2.97. The normalized spacial score (nSPS) is 9.82. The number of pyridine rings is 1. The Morgan fingerprint density at radius 1 is 1.27 bits per heavy atom. The zero-order valence-corrected chi connectivity index (χ0v) is 14.0. The smallest absolute Gasteiger partial charge is 0.347 e. The second kappa shape index (κ2) is 9.09. The van der Waals surface area contributed by atoms with Gasteiger partial charge in [0, 0.05) is 6.20 Å². The first-order valence-corrected chi connectivity index (χ1v) is 8.07. The molecule has 1 heterocycles. The molecule has 22 heavy (non-hydrogen) atoms. The third-order valence-electron chi connectivity index (χ3n) is 2.66. The van der Waals surface area contributed by atoms with E-state index in [0.29, 0.717) is 5.69 Å². The number of esters is 2. The van der Waals surface area contributed by atoms with Crippen LogP contribution in [0.5, 0.6) is 0 Å². The molecule has 1 aromatic heterocycles. The Labute approximate surface area is 134 Å². The van der Waals surface area contributed by atoms with Crippen molar-refractivity contribution in [2.45, 2.75) is 25.8 Å². The van der Waals surface area contributed by atoms with Crippen LogP contribution in [0, 0.1) is 6.92 Å². The second-order valence-corrected chi connectivity index (χ2v) is 5.01. The van der Waals surface area contributed by atoms with E-state index in [1.807, 2.05) is 19.2 Å². The van der Waals surface area contributed by atoms with Gasteiger partial charge in [-0.15, -0.1) is 11.8 Å². The molecule has 0 aliphatic heterocycles. The van der Waals surface area contributed by atoms with Gasteiger partial charge in [0.05, 0.1) is 30.1 Å². The van der Waals surface area contributed by atoms with Crippen molar-refractivity contribution in [1.29, 1.82) is 0 Å². The third-order valence-corrected chi connectivity index (χ3v) is 3.30. The molecule has 0 aromatic carbocycles. The molecule has 0 bridgehead atoms. The van der Waals surface area contributed by atoms with E-state index < -0.39 is 11.9 Å². The minimum atomic E-state index is -0.722.